The maximum Gasteiger partial charge on any atom is 0.331 e. The monoisotopic (exact) mass is 610 g/mol. The van der Waals surface area contributed by atoms with Gasteiger partial charge in [-0.05, 0) is 88.5 Å². The van der Waals surface area contributed by atoms with Crippen molar-refractivity contribution in [1.29, 1.82) is 0 Å². The Balaban J connectivity index is 1.41. The zero-order valence-electron chi connectivity index (χ0n) is 20.5. The molecule has 0 unspecified atom stereocenters. The predicted molar refractivity (Wildman–Crippen MR) is 149 cm³/mol. The molecule has 37 heavy (non-hydrogen) atoms. The highest BCUT2D eigenvalue weighted by molar-refractivity contribution is 14.1. The standard InChI is InChI=1S/C29H27IN2O5/c1-2-36-25-16-19(14-23-27(33)31-29(35)32(28(23)34)22-9-5-6-10-22)15-24(30)26(25)37-17-18-11-12-20-7-3-4-8-21(20)13-18/h3-4,7-8,11-16,22H,2,5-6,9-10,17H2,1H3,(H,31,33,35)/b23-14+. The number of imide groups is 2. The zero-order chi connectivity index (χ0) is 25.9. The van der Waals surface area contributed by atoms with Crippen LogP contribution in [0.4, 0.5) is 4.79 Å². The van der Waals surface area contributed by atoms with Gasteiger partial charge in [-0.2, -0.15) is 0 Å². The Labute approximate surface area is 228 Å². The summed E-state index contributed by atoms with van der Waals surface area (Å²) in [6, 6.07) is 17.2. The van der Waals surface area contributed by atoms with Gasteiger partial charge in [-0.1, -0.05) is 49.2 Å². The number of fused-ring (bicyclic) bond motifs is 1. The molecule has 0 atom stereocenters. The summed E-state index contributed by atoms with van der Waals surface area (Å²) < 4.78 is 12.8. The second kappa shape index (κ2) is 10.9. The summed E-state index contributed by atoms with van der Waals surface area (Å²) >= 11 is 2.17. The highest BCUT2D eigenvalue weighted by Gasteiger charge is 2.40. The van der Waals surface area contributed by atoms with Crippen molar-refractivity contribution in [1.82, 2.24) is 10.2 Å². The number of amides is 4. The van der Waals surface area contributed by atoms with E-state index < -0.39 is 17.8 Å². The molecule has 2 aliphatic rings. The fourth-order valence-corrected chi connectivity index (χ4v) is 5.67. The molecule has 1 N–H and O–H groups in total. The third kappa shape index (κ3) is 5.34. The third-order valence-corrected chi connectivity index (χ3v) is 7.46. The second-order valence-corrected chi connectivity index (χ2v) is 10.3. The lowest BCUT2D eigenvalue weighted by Gasteiger charge is -2.31. The van der Waals surface area contributed by atoms with Gasteiger partial charge in [0.05, 0.1) is 10.2 Å². The van der Waals surface area contributed by atoms with Gasteiger partial charge in [-0.15, -0.1) is 0 Å². The van der Waals surface area contributed by atoms with E-state index in [0.717, 1.165) is 40.2 Å². The van der Waals surface area contributed by atoms with E-state index in [-0.39, 0.29) is 11.6 Å². The van der Waals surface area contributed by atoms with Crippen molar-refractivity contribution in [2.24, 2.45) is 0 Å². The fraction of sp³-hybridized carbons (Fsp3) is 0.276. The number of nitrogens with one attached hydrogen (secondary N) is 1. The largest absolute Gasteiger partial charge is 0.490 e. The molecule has 1 aliphatic heterocycles. The van der Waals surface area contributed by atoms with Crippen LogP contribution in [0.5, 0.6) is 11.5 Å². The minimum absolute atomic E-state index is 0.0606. The van der Waals surface area contributed by atoms with Crippen molar-refractivity contribution >= 4 is 57.3 Å². The molecule has 0 aromatic heterocycles. The quantitative estimate of drug-likeness (QED) is 0.207. The molecule has 3 aromatic rings. The third-order valence-electron chi connectivity index (χ3n) is 6.66. The van der Waals surface area contributed by atoms with Gasteiger partial charge in [-0.25, -0.2) is 4.79 Å². The van der Waals surface area contributed by atoms with E-state index in [4.69, 9.17) is 9.47 Å². The number of nitrogens with zero attached hydrogens (tertiary/aromatic N) is 1. The van der Waals surface area contributed by atoms with Crippen LogP contribution in [0.3, 0.4) is 0 Å². The van der Waals surface area contributed by atoms with E-state index in [0.29, 0.717) is 30.3 Å². The minimum Gasteiger partial charge on any atom is -0.490 e. The van der Waals surface area contributed by atoms with Gasteiger partial charge in [0.2, 0.25) is 0 Å². The van der Waals surface area contributed by atoms with Gasteiger partial charge in [0.1, 0.15) is 12.2 Å². The molecule has 1 saturated heterocycles. The predicted octanol–water partition coefficient (Wildman–Crippen LogP) is 5.83. The number of barbiturate groups is 1. The Kier molecular flexibility index (Phi) is 7.45. The van der Waals surface area contributed by atoms with Crippen LogP contribution in [0.25, 0.3) is 16.8 Å². The van der Waals surface area contributed by atoms with Crippen molar-refractivity contribution in [2.75, 3.05) is 6.61 Å². The molecule has 8 heteroatoms. The number of rotatable bonds is 7. The Morgan fingerprint density at radius 3 is 2.51 bits per heavy atom. The lowest BCUT2D eigenvalue weighted by atomic mass is 10.0. The van der Waals surface area contributed by atoms with Crippen LogP contribution < -0.4 is 14.8 Å². The van der Waals surface area contributed by atoms with Crippen molar-refractivity contribution in [3.63, 3.8) is 0 Å². The number of hydrogen-bond donors (Lipinski definition) is 1. The molecule has 7 nitrogen and oxygen atoms in total. The van der Waals surface area contributed by atoms with Crippen molar-refractivity contribution in [3.05, 3.63) is 74.9 Å². The molecule has 0 spiro atoms. The molecular formula is C29H27IN2O5. The minimum atomic E-state index is -0.686. The van der Waals surface area contributed by atoms with Gasteiger partial charge in [0, 0.05) is 6.04 Å². The first-order valence-electron chi connectivity index (χ1n) is 12.4. The summed E-state index contributed by atoms with van der Waals surface area (Å²) in [7, 11) is 0. The van der Waals surface area contributed by atoms with Crippen LogP contribution in [0, 0.1) is 3.57 Å². The maximum atomic E-state index is 13.2. The van der Waals surface area contributed by atoms with E-state index in [1.54, 1.807) is 6.07 Å². The molecule has 1 saturated carbocycles. The number of halogens is 1. The summed E-state index contributed by atoms with van der Waals surface area (Å²) in [5.74, 6) is -0.117. The summed E-state index contributed by atoms with van der Waals surface area (Å²) in [6.07, 6.45) is 4.97. The summed E-state index contributed by atoms with van der Waals surface area (Å²) in [5, 5.41) is 4.64. The molecule has 1 aliphatic carbocycles. The number of benzene rings is 3. The van der Waals surface area contributed by atoms with Crippen LogP contribution in [0.2, 0.25) is 0 Å². The number of urea groups is 1. The van der Waals surface area contributed by atoms with Crippen LogP contribution in [0.1, 0.15) is 43.7 Å². The molecule has 0 bridgehead atoms. The SMILES string of the molecule is CCOc1cc(/C=C2\C(=O)NC(=O)N(C3CCCC3)C2=O)cc(I)c1OCc1ccc2ccccc2c1. The van der Waals surface area contributed by atoms with Crippen LogP contribution in [-0.4, -0.2) is 35.4 Å². The first-order valence-corrected chi connectivity index (χ1v) is 13.5. The normalized spacial score (nSPS) is 17.5. The lowest BCUT2D eigenvalue weighted by Crippen LogP contribution is -2.57. The number of hydrogen-bond acceptors (Lipinski definition) is 5. The maximum absolute atomic E-state index is 13.2. The van der Waals surface area contributed by atoms with Crippen LogP contribution in [-0.2, 0) is 16.2 Å². The Bertz CT molecular complexity index is 1410. The zero-order valence-corrected chi connectivity index (χ0v) is 22.6. The summed E-state index contributed by atoms with van der Waals surface area (Å²) in [5.41, 5.74) is 1.59. The van der Waals surface area contributed by atoms with Gasteiger partial charge in [-0.3, -0.25) is 19.8 Å². The molecule has 5 rings (SSSR count). The molecule has 4 amide bonds. The molecule has 1 heterocycles. The molecule has 2 fully saturated rings. The Morgan fingerprint density at radius 1 is 1.00 bits per heavy atom. The smallest absolute Gasteiger partial charge is 0.331 e. The molecule has 3 aromatic carbocycles. The van der Waals surface area contributed by atoms with E-state index in [2.05, 4.69) is 52.2 Å². The van der Waals surface area contributed by atoms with E-state index >= 15 is 0 Å². The number of ether oxygens (including phenoxy) is 2. The second-order valence-electron chi connectivity index (χ2n) is 9.16. The molecule has 0 radical (unpaired) electrons. The molecule has 190 valence electrons. The highest BCUT2D eigenvalue weighted by atomic mass is 127. The Hall–Kier alpha value is -3.40. The van der Waals surface area contributed by atoms with Crippen molar-refractivity contribution in [2.45, 2.75) is 45.3 Å². The molecular weight excluding hydrogens is 583 g/mol. The van der Waals surface area contributed by atoms with E-state index in [1.165, 1.54) is 16.4 Å². The van der Waals surface area contributed by atoms with Crippen molar-refractivity contribution in [3.8, 4) is 11.5 Å². The first kappa shape index (κ1) is 25.3. The van der Waals surface area contributed by atoms with Gasteiger partial charge >= 0.3 is 6.03 Å². The first-order chi connectivity index (χ1) is 17.9. The van der Waals surface area contributed by atoms with E-state index in [9.17, 15) is 14.4 Å². The van der Waals surface area contributed by atoms with Gasteiger partial charge < -0.3 is 9.47 Å². The number of carbonyl (C=O) groups excluding carboxylic acids is 3. The van der Waals surface area contributed by atoms with Crippen molar-refractivity contribution < 1.29 is 23.9 Å². The fourth-order valence-electron chi connectivity index (χ4n) is 4.89. The van der Waals surface area contributed by atoms with Crippen LogP contribution >= 0.6 is 22.6 Å². The van der Waals surface area contributed by atoms with Gasteiger partial charge in [0.15, 0.2) is 11.5 Å². The summed E-state index contributed by atoms with van der Waals surface area (Å²) in [4.78, 5) is 39.4. The highest BCUT2D eigenvalue weighted by Crippen LogP contribution is 2.36. The average Bonchev–Trinajstić information content (AvgIpc) is 3.40. The van der Waals surface area contributed by atoms with Crippen LogP contribution in [0.15, 0.2) is 60.2 Å². The van der Waals surface area contributed by atoms with Gasteiger partial charge in [0.25, 0.3) is 11.8 Å². The topological polar surface area (TPSA) is 84.9 Å². The summed E-state index contributed by atoms with van der Waals surface area (Å²) in [6.45, 7) is 2.67. The van der Waals surface area contributed by atoms with E-state index in [1.807, 2.05) is 31.2 Å². The Morgan fingerprint density at radius 2 is 1.76 bits per heavy atom. The average molecular weight is 610 g/mol. The lowest BCUT2D eigenvalue weighted by molar-refractivity contribution is -0.131. The number of carbonyl (C=O) groups is 3.